The zero-order valence-corrected chi connectivity index (χ0v) is 13.2. The lowest BCUT2D eigenvalue weighted by Gasteiger charge is -2.09. The van der Waals surface area contributed by atoms with Gasteiger partial charge in [0.15, 0.2) is 24.1 Å². The van der Waals surface area contributed by atoms with Gasteiger partial charge in [0, 0.05) is 5.56 Å². The van der Waals surface area contributed by atoms with Crippen LogP contribution in [0, 0.1) is 34.5 Å². The second kappa shape index (κ2) is 7.64. The van der Waals surface area contributed by atoms with E-state index in [9.17, 15) is 32.9 Å². The van der Waals surface area contributed by atoms with Crippen LogP contribution in [0.4, 0.5) is 24.5 Å². The van der Waals surface area contributed by atoms with E-state index in [1.807, 2.05) is 5.32 Å². The van der Waals surface area contributed by atoms with Crippen molar-refractivity contribution in [3.8, 4) is 0 Å². The van der Waals surface area contributed by atoms with Gasteiger partial charge in [0.1, 0.15) is 5.56 Å². The maximum atomic E-state index is 13.5. The van der Waals surface area contributed by atoms with E-state index < -0.39 is 52.2 Å². The number of ether oxygens (including phenoxy) is 1. The Bertz CT molecular complexity index is 902. The summed E-state index contributed by atoms with van der Waals surface area (Å²) in [6.45, 7) is 0.510. The number of carbonyl (C=O) groups is 2. The Morgan fingerprint density at radius 2 is 1.85 bits per heavy atom. The summed E-state index contributed by atoms with van der Waals surface area (Å²) in [6, 6.07) is 5.37. The van der Waals surface area contributed by atoms with Crippen LogP contribution in [-0.2, 0) is 9.53 Å². The van der Waals surface area contributed by atoms with Crippen LogP contribution < -0.4 is 5.32 Å². The summed E-state index contributed by atoms with van der Waals surface area (Å²) in [5.41, 5.74) is -1.25. The Kier molecular flexibility index (Phi) is 5.55. The highest BCUT2D eigenvalue weighted by Gasteiger charge is 2.24. The minimum atomic E-state index is -1.77. The van der Waals surface area contributed by atoms with Crippen molar-refractivity contribution >= 4 is 23.3 Å². The molecule has 10 heteroatoms. The Labute approximate surface area is 144 Å². The van der Waals surface area contributed by atoms with Gasteiger partial charge >= 0.3 is 5.97 Å². The minimum Gasteiger partial charge on any atom is -0.452 e. The van der Waals surface area contributed by atoms with Crippen molar-refractivity contribution in [3.63, 3.8) is 0 Å². The number of nitrogens with one attached hydrogen (secondary N) is 1. The third-order valence-electron chi connectivity index (χ3n) is 3.28. The van der Waals surface area contributed by atoms with Gasteiger partial charge in [-0.2, -0.15) is 0 Å². The number of nitrogens with zero attached hydrogens (tertiary/aromatic N) is 1. The first-order chi connectivity index (χ1) is 12.2. The van der Waals surface area contributed by atoms with E-state index in [1.54, 1.807) is 0 Å². The van der Waals surface area contributed by atoms with Gasteiger partial charge in [-0.05, 0) is 25.1 Å². The molecule has 0 saturated heterocycles. The Balaban J connectivity index is 2.07. The number of para-hydroxylation sites is 1. The van der Waals surface area contributed by atoms with Crippen LogP contribution in [0.1, 0.15) is 15.9 Å². The van der Waals surface area contributed by atoms with Crippen LogP contribution in [0.5, 0.6) is 0 Å². The fourth-order valence-corrected chi connectivity index (χ4v) is 2.08. The van der Waals surface area contributed by atoms with E-state index in [2.05, 4.69) is 4.74 Å². The second-order valence-electron chi connectivity index (χ2n) is 5.08. The third-order valence-corrected chi connectivity index (χ3v) is 3.28. The maximum absolute atomic E-state index is 13.5. The number of hydrogen-bond donors (Lipinski definition) is 1. The number of halogens is 3. The molecule has 0 aliphatic carbocycles. The molecule has 0 bridgehead atoms. The number of rotatable bonds is 5. The lowest BCUT2D eigenvalue weighted by atomic mass is 10.1. The van der Waals surface area contributed by atoms with Gasteiger partial charge < -0.3 is 10.1 Å². The van der Waals surface area contributed by atoms with E-state index in [4.69, 9.17) is 0 Å². The molecule has 0 fully saturated rings. The van der Waals surface area contributed by atoms with Gasteiger partial charge in [-0.3, -0.25) is 14.9 Å². The molecular weight excluding hydrogens is 357 g/mol. The van der Waals surface area contributed by atoms with Gasteiger partial charge in [0.05, 0.1) is 10.6 Å². The van der Waals surface area contributed by atoms with Crippen LogP contribution >= 0.6 is 0 Å². The van der Waals surface area contributed by atoms with E-state index >= 15 is 0 Å². The molecule has 0 atom stereocenters. The molecule has 1 N–H and O–H groups in total. The molecule has 0 heterocycles. The molecule has 7 nitrogen and oxygen atoms in total. The molecule has 2 aromatic carbocycles. The molecule has 0 saturated carbocycles. The highest BCUT2D eigenvalue weighted by atomic mass is 19.2. The average Bonchev–Trinajstić information content (AvgIpc) is 2.59. The number of carbonyl (C=O) groups excluding carboxylic acids is 2. The van der Waals surface area contributed by atoms with Gasteiger partial charge in [-0.1, -0.05) is 12.1 Å². The second-order valence-corrected chi connectivity index (χ2v) is 5.08. The summed E-state index contributed by atoms with van der Waals surface area (Å²) in [5.74, 6) is -6.99. The van der Waals surface area contributed by atoms with Gasteiger partial charge in [0.2, 0.25) is 0 Å². The van der Waals surface area contributed by atoms with Crippen molar-refractivity contribution in [2.24, 2.45) is 0 Å². The van der Waals surface area contributed by atoms with Crippen molar-refractivity contribution in [2.75, 3.05) is 11.9 Å². The number of benzene rings is 2. The number of esters is 1. The first-order valence-corrected chi connectivity index (χ1v) is 7.07. The van der Waals surface area contributed by atoms with E-state index in [0.717, 1.165) is 12.1 Å². The van der Waals surface area contributed by atoms with E-state index in [-0.39, 0.29) is 11.1 Å². The quantitative estimate of drug-likeness (QED) is 0.378. The van der Waals surface area contributed by atoms with Crippen molar-refractivity contribution in [1.82, 2.24) is 0 Å². The first-order valence-electron chi connectivity index (χ1n) is 7.07. The summed E-state index contributed by atoms with van der Waals surface area (Å²) in [6.07, 6.45) is 0. The monoisotopic (exact) mass is 368 g/mol. The predicted molar refractivity (Wildman–Crippen MR) is 83.1 cm³/mol. The van der Waals surface area contributed by atoms with Crippen LogP contribution in [0.15, 0.2) is 30.3 Å². The smallest absolute Gasteiger partial charge is 0.345 e. The molecule has 0 aliphatic rings. The molecule has 0 aromatic heterocycles. The lowest BCUT2D eigenvalue weighted by Crippen LogP contribution is -2.22. The molecule has 0 aliphatic heterocycles. The molecule has 136 valence electrons. The number of hydrogen-bond acceptors (Lipinski definition) is 5. The topological polar surface area (TPSA) is 98.5 Å². The minimum absolute atomic E-state index is 0.220. The van der Waals surface area contributed by atoms with E-state index in [1.165, 1.54) is 19.1 Å². The van der Waals surface area contributed by atoms with E-state index in [0.29, 0.717) is 6.07 Å². The largest absolute Gasteiger partial charge is 0.452 e. The molecule has 2 aromatic rings. The number of aryl methyl sites for hydroxylation is 1. The molecule has 0 radical (unpaired) electrons. The van der Waals surface area contributed by atoms with Crippen molar-refractivity contribution < 1.29 is 32.4 Å². The molecule has 0 unspecified atom stereocenters. The molecule has 0 spiro atoms. The number of amides is 1. The number of anilines is 1. The third kappa shape index (κ3) is 3.97. The highest BCUT2D eigenvalue weighted by Crippen LogP contribution is 2.24. The zero-order chi connectivity index (χ0) is 19.4. The molecule has 2 rings (SSSR count). The normalized spacial score (nSPS) is 10.3. The first kappa shape index (κ1) is 18.9. The zero-order valence-electron chi connectivity index (χ0n) is 13.2. The summed E-state index contributed by atoms with van der Waals surface area (Å²) in [4.78, 5) is 33.9. The van der Waals surface area contributed by atoms with Crippen molar-refractivity contribution in [2.45, 2.75) is 6.92 Å². The standard InChI is InChI=1S/C16H11F3N2O5/c1-8-3-2-4-9(15(8)21(24)25)16(23)26-7-12(22)20-11-6-5-10(17)13(18)14(11)19/h2-6H,7H2,1H3,(H,20,22). The average molecular weight is 368 g/mol. The Morgan fingerprint density at radius 1 is 1.15 bits per heavy atom. The number of nitro groups is 1. The highest BCUT2D eigenvalue weighted by molar-refractivity contribution is 5.97. The fourth-order valence-electron chi connectivity index (χ4n) is 2.08. The van der Waals surface area contributed by atoms with Crippen molar-refractivity contribution in [3.05, 3.63) is 69.0 Å². The summed E-state index contributed by atoms with van der Waals surface area (Å²) in [5, 5.41) is 12.9. The molecule has 26 heavy (non-hydrogen) atoms. The molecular formula is C16H11F3N2O5. The van der Waals surface area contributed by atoms with Crippen LogP contribution in [0.3, 0.4) is 0 Å². The fraction of sp³-hybridized carbons (Fsp3) is 0.125. The summed E-state index contributed by atoms with van der Waals surface area (Å²) < 4.78 is 44.0. The lowest BCUT2D eigenvalue weighted by molar-refractivity contribution is -0.385. The predicted octanol–water partition coefficient (Wildman–Crippen LogP) is 3.12. The number of nitro benzene ring substituents is 1. The molecule has 1 amide bonds. The Morgan fingerprint density at radius 3 is 2.50 bits per heavy atom. The summed E-state index contributed by atoms with van der Waals surface area (Å²) in [7, 11) is 0. The Hall–Kier alpha value is -3.43. The van der Waals surface area contributed by atoms with Crippen LogP contribution in [-0.4, -0.2) is 23.4 Å². The van der Waals surface area contributed by atoms with Gasteiger partial charge in [0.25, 0.3) is 11.6 Å². The van der Waals surface area contributed by atoms with Gasteiger partial charge in [-0.15, -0.1) is 0 Å². The van der Waals surface area contributed by atoms with Crippen molar-refractivity contribution in [1.29, 1.82) is 0 Å². The van der Waals surface area contributed by atoms with Crippen LogP contribution in [0.2, 0.25) is 0 Å². The SMILES string of the molecule is Cc1cccc(C(=O)OCC(=O)Nc2ccc(F)c(F)c2F)c1[N+](=O)[O-]. The van der Waals surface area contributed by atoms with Gasteiger partial charge in [-0.25, -0.2) is 18.0 Å². The van der Waals surface area contributed by atoms with Crippen LogP contribution in [0.25, 0.3) is 0 Å². The maximum Gasteiger partial charge on any atom is 0.345 e. The summed E-state index contributed by atoms with van der Waals surface area (Å²) >= 11 is 0.